The van der Waals surface area contributed by atoms with Crippen molar-refractivity contribution in [2.24, 2.45) is 5.92 Å². The van der Waals surface area contributed by atoms with E-state index in [0.29, 0.717) is 47.9 Å². The van der Waals surface area contributed by atoms with E-state index in [9.17, 15) is 19.1 Å². The van der Waals surface area contributed by atoms with E-state index in [1.54, 1.807) is 33.3 Å². The minimum atomic E-state index is -0.933. The minimum absolute atomic E-state index is 0.0128. The molecular weight excluding hydrogens is 615 g/mol. The number of fused-ring (bicyclic) bond motifs is 1. The van der Waals surface area contributed by atoms with E-state index in [4.69, 9.17) is 18.9 Å². The lowest BCUT2D eigenvalue weighted by Gasteiger charge is -2.35. The minimum Gasteiger partial charge on any atom is -0.496 e. The van der Waals surface area contributed by atoms with Gasteiger partial charge in [-0.2, -0.15) is 0 Å². The Labute approximate surface area is 282 Å². The molecule has 9 nitrogen and oxygen atoms in total. The molecule has 2 aliphatic heterocycles. The molecule has 1 saturated heterocycles. The van der Waals surface area contributed by atoms with E-state index in [0.717, 1.165) is 42.6 Å². The van der Waals surface area contributed by atoms with Crippen LogP contribution >= 0.6 is 0 Å². The van der Waals surface area contributed by atoms with Gasteiger partial charge in [-0.25, -0.2) is 4.39 Å². The number of carboxylic acids is 1. The number of anilines is 1. The summed E-state index contributed by atoms with van der Waals surface area (Å²) in [5, 5.41) is 10.8. The zero-order valence-electron chi connectivity index (χ0n) is 28.5. The number of hydrogen-bond donors (Lipinski definition) is 1. The highest BCUT2D eigenvalue weighted by atomic mass is 19.1. The van der Waals surface area contributed by atoms with E-state index in [-0.39, 0.29) is 31.1 Å². The third-order valence-electron chi connectivity index (χ3n) is 9.68. The van der Waals surface area contributed by atoms with Gasteiger partial charge in [0.15, 0.2) is 11.5 Å². The van der Waals surface area contributed by atoms with Crippen LogP contribution in [0.25, 0.3) is 0 Å². The number of likely N-dealkylation sites (tertiary alicyclic amines) is 1. The summed E-state index contributed by atoms with van der Waals surface area (Å²) in [6, 6.07) is 15.7. The Morgan fingerprint density at radius 1 is 1.02 bits per heavy atom. The van der Waals surface area contributed by atoms with Crippen molar-refractivity contribution in [3.63, 3.8) is 0 Å². The number of ether oxygens (including phenoxy) is 4. The van der Waals surface area contributed by atoms with Crippen LogP contribution in [-0.4, -0.2) is 68.1 Å². The van der Waals surface area contributed by atoms with Crippen molar-refractivity contribution in [2.75, 3.05) is 39.0 Å². The highest BCUT2D eigenvalue weighted by Crippen LogP contribution is 2.47. The van der Waals surface area contributed by atoms with Gasteiger partial charge < -0.3 is 29.0 Å². The fraction of sp³-hybridized carbons (Fsp3) is 0.474. The Morgan fingerprint density at radius 3 is 2.42 bits per heavy atom. The molecule has 0 spiro atoms. The van der Waals surface area contributed by atoms with E-state index >= 15 is 0 Å². The molecule has 2 heterocycles. The van der Waals surface area contributed by atoms with Crippen LogP contribution in [0, 0.1) is 18.7 Å². The number of carboxylic acid groups (broad SMARTS) is 1. The lowest BCUT2D eigenvalue weighted by molar-refractivity contribution is -0.143. The molecule has 0 aliphatic carbocycles. The third-order valence-corrected chi connectivity index (χ3v) is 9.68. The van der Waals surface area contributed by atoms with Crippen molar-refractivity contribution in [3.8, 4) is 23.0 Å². The summed E-state index contributed by atoms with van der Waals surface area (Å²) in [5.41, 5.74) is 2.85. The van der Waals surface area contributed by atoms with Gasteiger partial charge in [-0.3, -0.25) is 14.5 Å². The first kappa shape index (κ1) is 35.0. The van der Waals surface area contributed by atoms with Crippen LogP contribution in [0.15, 0.2) is 54.6 Å². The smallest absolute Gasteiger partial charge is 0.308 e. The number of aliphatic carboxylic acids is 1. The van der Waals surface area contributed by atoms with Gasteiger partial charge in [0, 0.05) is 30.2 Å². The molecule has 1 N–H and O–H groups in total. The van der Waals surface area contributed by atoms with Crippen molar-refractivity contribution in [3.05, 3.63) is 77.1 Å². The Kier molecular flexibility index (Phi) is 11.5. The van der Waals surface area contributed by atoms with Crippen LogP contribution in [0.1, 0.15) is 68.6 Å². The zero-order chi connectivity index (χ0) is 34.4. The second-order valence-corrected chi connectivity index (χ2v) is 12.7. The fourth-order valence-electron chi connectivity index (χ4n) is 7.42. The van der Waals surface area contributed by atoms with Crippen molar-refractivity contribution >= 4 is 17.6 Å². The number of halogens is 1. The van der Waals surface area contributed by atoms with Gasteiger partial charge in [0.2, 0.25) is 18.4 Å². The monoisotopic (exact) mass is 662 g/mol. The second kappa shape index (κ2) is 15.7. The number of rotatable bonds is 15. The lowest BCUT2D eigenvalue weighted by Crippen LogP contribution is -2.48. The molecule has 3 aromatic carbocycles. The van der Waals surface area contributed by atoms with Crippen LogP contribution in [0.2, 0.25) is 0 Å². The van der Waals surface area contributed by atoms with Gasteiger partial charge in [-0.15, -0.1) is 0 Å². The van der Waals surface area contributed by atoms with E-state index < -0.39 is 23.8 Å². The number of carbonyl (C=O) groups excluding carboxylic acids is 1. The first-order valence-corrected chi connectivity index (χ1v) is 16.8. The Bertz CT molecular complexity index is 1590. The molecule has 0 bridgehead atoms. The maximum atomic E-state index is 14.5. The summed E-state index contributed by atoms with van der Waals surface area (Å²) in [4.78, 5) is 31.6. The van der Waals surface area contributed by atoms with Crippen molar-refractivity contribution in [2.45, 2.75) is 77.3 Å². The predicted molar refractivity (Wildman–Crippen MR) is 182 cm³/mol. The van der Waals surface area contributed by atoms with E-state index in [1.165, 1.54) is 6.07 Å². The number of para-hydroxylation sites is 1. The Hall–Kier alpha value is -4.31. The van der Waals surface area contributed by atoms with Crippen LogP contribution in [0.3, 0.4) is 0 Å². The summed E-state index contributed by atoms with van der Waals surface area (Å²) >= 11 is 0. The molecule has 3 aromatic rings. The molecule has 0 aromatic heterocycles. The zero-order valence-corrected chi connectivity index (χ0v) is 28.5. The van der Waals surface area contributed by atoms with E-state index in [2.05, 4.69) is 13.8 Å². The van der Waals surface area contributed by atoms with Crippen LogP contribution in [0.4, 0.5) is 10.1 Å². The average Bonchev–Trinajstić information content (AvgIpc) is 3.70. The fourth-order valence-corrected chi connectivity index (χ4v) is 7.42. The molecule has 48 heavy (non-hydrogen) atoms. The number of amides is 1. The highest BCUT2D eigenvalue weighted by Gasteiger charge is 2.48. The molecule has 0 unspecified atom stereocenters. The van der Waals surface area contributed by atoms with Crippen LogP contribution in [-0.2, 0) is 16.0 Å². The topological polar surface area (TPSA) is 97.8 Å². The summed E-state index contributed by atoms with van der Waals surface area (Å²) in [7, 11) is 3.16. The maximum Gasteiger partial charge on any atom is 0.308 e. The Morgan fingerprint density at radius 2 is 1.75 bits per heavy atom. The number of hydrogen-bond acceptors (Lipinski definition) is 7. The number of aryl methyl sites for hydroxylation is 2. The first-order valence-electron chi connectivity index (χ1n) is 16.8. The molecule has 3 atom stereocenters. The maximum absolute atomic E-state index is 14.5. The molecule has 1 fully saturated rings. The summed E-state index contributed by atoms with van der Waals surface area (Å²) in [6.45, 7) is 6.30. The summed E-state index contributed by atoms with van der Waals surface area (Å²) in [5.74, 6) is -0.448. The number of carbonyl (C=O) groups is 2. The van der Waals surface area contributed by atoms with Crippen LogP contribution in [0.5, 0.6) is 23.0 Å². The molecule has 10 heteroatoms. The molecule has 2 aliphatic rings. The van der Waals surface area contributed by atoms with Crippen molar-refractivity contribution in [1.82, 2.24) is 4.90 Å². The highest BCUT2D eigenvalue weighted by molar-refractivity contribution is 5.95. The van der Waals surface area contributed by atoms with Crippen LogP contribution < -0.4 is 23.8 Å². The number of methoxy groups -OCH3 is 2. The summed E-state index contributed by atoms with van der Waals surface area (Å²) < 4.78 is 36.9. The van der Waals surface area contributed by atoms with Gasteiger partial charge in [0.05, 0.1) is 26.7 Å². The Balaban J connectivity index is 1.53. The third kappa shape index (κ3) is 7.38. The van der Waals surface area contributed by atoms with Gasteiger partial charge in [0.1, 0.15) is 11.6 Å². The molecule has 258 valence electrons. The standard InChI is InChI=1S/C38H47FN2O7/c1-6-10-27(11-7-2)41(28-15-16-30(39)24(3)18-28)35(42)22-40-21-29(26-19-33(46-5)37-34(20-26)47-23-48-37)36(38(43)44)31(40)17-14-25-12-8-9-13-32(25)45-4/h8-9,12-13,15-16,18-20,27,29,31,36H,6-7,10-11,14,17,21-23H2,1-5H3,(H,43,44)/t29-,31+,36-/m1/s1. The number of nitrogens with zero attached hydrogens (tertiary/aromatic N) is 2. The average molecular weight is 663 g/mol. The normalized spacial score (nSPS) is 18.7. The molecule has 1 amide bonds. The van der Waals surface area contributed by atoms with Crippen molar-refractivity contribution < 1.29 is 38.0 Å². The van der Waals surface area contributed by atoms with Gasteiger partial charge in [0.25, 0.3) is 0 Å². The summed E-state index contributed by atoms with van der Waals surface area (Å²) in [6.07, 6.45) is 4.42. The second-order valence-electron chi connectivity index (χ2n) is 12.7. The SMILES string of the molecule is CCCC(CCC)N(C(=O)CN1C[C@H](c2cc(OC)c3c(c2)OCO3)[C@@H](C(=O)O)[C@@H]1CCc1ccccc1OC)c1ccc(F)c(C)c1. The molecular formula is C38H47FN2O7. The van der Waals surface area contributed by atoms with E-state index in [1.807, 2.05) is 46.2 Å². The van der Waals surface area contributed by atoms with Gasteiger partial charge in [-0.1, -0.05) is 44.9 Å². The number of benzene rings is 3. The molecule has 5 rings (SSSR count). The van der Waals surface area contributed by atoms with Gasteiger partial charge in [-0.05, 0) is 85.7 Å². The predicted octanol–water partition coefficient (Wildman–Crippen LogP) is 6.98. The van der Waals surface area contributed by atoms with Crippen molar-refractivity contribution in [1.29, 1.82) is 0 Å². The van der Waals surface area contributed by atoms with Gasteiger partial charge >= 0.3 is 5.97 Å². The molecule has 0 radical (unpaired) electrons. The quantitative estimate of drug-likeness (QED) is 0.186. The largest absolute Gasteiger partial charge is 0.496 e. The lowest BCUT2D eigenvalue weighted by atomic mass is 9.83. The first-order chi connectivity index (χ1) is 23.2. The molecule has 0 saturated carbocycles.